The summed E-state index contributed by atoms with van der Waals surface area (Å²) < 4.78 is 0. The first-order chi connectivity index (χ1) is 13.0. The van der Waals surface area contributed by atoms with E-state index in [1.54, 1.807) is 4.90 Å². The average Bonchev–Trinajstić information content (AvgIpc) is 2.96. The van der Waals surface area contributed by atoms with Crippen LogP contribution in [0.25, 0.3) is 0 Å². The highest BCUT2D eigenvalue weighted by molar-refractivity contribution is 6.05. The molecule has 3 atom stereocenters. The van der Waals surface area contributed by atoms with Gasteiger partial charge in [0.05, 0.1) is 0 Å². The van der Waals surface area contributed by atoms with Crippen LogP contribution in [0.2, 0.25) is 0 Å². The Kier molecular flexibility index (Phi) is 4.97. The third-order valence-electron chi connectivity index (χ3n) is 5.90. The van der Waals surface area contributed by atoms with E-state index in [1.807, 2.05) is 12.1 Å². The molecule has 1 aliphatic carbocycles. The lowest BCUT2D eigenvalue weighted by Gasteiger charge is -2.29. The zero-order valence-electron chi connectivity index (χ0n) is 15.4. The topological polar surface area (TPSA) is 105 Å². The minimum atomic E-state index is -0.562. The second-order valence-electron chi connectivity index (χ2n) is 7.90. The second kappa shape index (κ2) is 7.40. The zero-order valence-corrected chi connectivity index (χ0v) is 15.4. The number of piperidine rings is 1. The van der Waals surface area contributed by atoms with Crippen molar-refractivity contribution in [1.29, 1.82) is 0 Å². The van der Waals surface area contributed by atoms with E-state index in [4.69, 9.17) is 5.73 Å². The molecule has 2 heterocycles. The zero-order chi connectivity index (χ0) is 19.0. The lowest BCUT2D eigenvalue weighted by Crippen LogP contribution is -2.52. The Morgan fingerprint density at radius 2 is 2.04 bits per heavy atom. The van der Waals surface area contributed by atoms with Gasteiger partial charge in [0.2, 0.25) is 11.8 Å². The van der Waals surface area contributed by atoms with E-state index in [0.717, 1.165) is 36.9 Å². The van der Waals surface area contributed by atoms with Gasteiger partial charge < -0.3 is 16.0 Å². The van der Waals surface area contributed by atoms with Crippen molar-refractivity contribution in [2.24, 2.45) is 5.73 Å². The first-order valence-electron chi connectivity index (χ1n) is 9.76. The van der Waals surface area contributed by atoms with Crippen molar-refractivity contribution in [3.63, 3.8) is 0 Å². The number of imide groups is 1. The fraction of sp³-hybridized carbons (Fsp3) is 0.550. The smallest absolute Gasteiger partial charge is 0.255 e. The van der Waals surface area contributed by atoms with Gasteiger partial charge >= 0.3 is 0 Å². The van der Waals surface area contributed by atoms with Crippen LogP contribution in [0.3, 0.4) is 0 Å². The number of amides is 3. The highest BCUT2D eigenvalue weighted by Crippen LogP contribution is 2.28. The molecular weight excluding hydrogens is 344 g/mol. The molecule has 7 heteroatoms. The van der Waals surface area contributed by atoms with E-state index in [-0.39, 0.29) is 30.2 Å². The molecule has 27 heavy (non-hydrogen) atoms. The van der Waals surface area contributed by atoms with Crippen molar-refractivity contribution >= 4 is 17.7 Å². The minimum Gasteiger partial charge on any atom is -0.328 e. The van der Waals surface area contributed by atoms with Gasteiger partial charge in [-0.25, -0.2) is 0 Å². The number of hydrogen-bond donors (Lipinski definition) is 3. The standard InChI is InChI=1S/C20H26N4O3/c21-14-2-1-3-15(9-14)22-10-12-4-5-16-13(8-12)11-24(20(16)27)17-6-7-18(25)23-19(17)26/h4-5,8,14-15,17,22H,1-3,6-7,9-11,21H2,(H,23,25,26). The highest BCUT2D eigenvalue weighted by atomic mass is 16.2. The Labute approximate surface area is 158 Å². The van der Waals surface area contributed by atoms with Crippen LogP contribution in [0.4, 0.5) is 0 Å². The molecule has 1 saturated heterocycles. The monoisotopic (exact) mass is 370 g/mol. The van der Waals surface area contributed by atoms with Gasteiger partial charge in [-0.05, 0) is 42.9 Å². The van der Waals surface area contributed by atoms with Gasteiger partial charge in [-0.1, -0.05) is 18.6 Å². The predicted molar refractivity (Wildman–Crippen MR) is 99.6 cm³/mol. The number of rotatable bonds is 4. The molecule has 1 aromatic carbocycles. The maximum Gasteiger partial charge on any atom is 0.255 e. The number of carbonyl (C=O) groups is 3. The van der Waals surface area contributed by atoms with Gasteiger partial charge in [0.1, 0.15) is 6.04 Å². The first-order valence-corrected chi connectivity index (χ1v) is 9.76. The first kappa shape index (κ1) is 18.1. The Bertz CT molecular complexity index is 778. The number of carbonyl (C=O) groups excluding carboxylic acids is 3. The average molecular weight is 370 g/mol. The van der Waals surface area contributed by atoms with Gasteiger partial charge in [0, 0.05) is 37.2 Å². The summed E-state index contributed by atoms with van der Waals surface area (Å²) in [7, 11) is 0. The van der Waals surface area contributed by atoms with Crippen LogP contribution < -0.4 is 16.4 Å². The van der Waals surface area contributed by atoms with Crippen molar-refractivity contribution in [1.82, 2.24) is 15.5 Å². The molecular formula is C20H26N4O3. The molecule has 0 radical (unpaired) electrons. The van der Waals surface area contributed by atoms with Crippen LogP contribution in [-0.2, 0) is 22.7 Å². The molecule has 3 unspecified atom stereocenters. The number of hydrogen-bond acceptors (Lipinski definition) is 5. The molecule has 0 spiro atoms. The van der Waals surface area contributed by atoms with Crippen LogP contribution in [0.1, 0.15) is 60.0 Å². The summed E-state index contributed by atoms with van der Waals surface area (Å²) >= 11 is 0. The summed E-state index contributed by atoms with van der Waals surface area (Å²) in [6.45, 7) is 1.17. The van der Waals surface area contributed by atoms with Gasteiger partial charge in [-0.3, -0.25) is 19.7 Å². The summed E-state index contributed by atoms with van der Waals surface area (Å²) in [5.74, 6) is -0.767. The molecule has 144 valence electrons. The van der Waals surface area contributed by atoms with Crippen molar-refractivity contribution < 1.29 is 14.4 Å². The fourth-order valence-electron chi connectivity index (χ4n) is 4.41. The third kappa shape index (κ3) is 3.75. The Balaban J connectivity index is 1.41. The summed E-state index contributed by atoms with van der Waals surface area (Å²) in [5.41, 5.74) is 8.79. The van der Waals surface area contributed by atoms with E-state index in [2.05, 4.69) is 16.7 Å². The van der Waals surface area contributed by atoms with E-state index >= 15 is 0 Å². The SMILES string of the molecule is NC1CCCC(NCc2ccc3c(c2)CN(C2CCC(=O)NC2=O)C3=O)C1. The number of nitrogens with two attached hydrogens (primary N) is 1. The molecule has 1 saturated carbocycles. The summed E-state index contributed by atoms with van der Waals surface area (Å²) in [4.78, 5) is 37.8. The van der Waals surface area contributed by atoms with E-state index < -0.39 is 6.04 Å². The van der Waals surface area contributed by atoms with E-state index in [9.17, 15) is 14.4 Å². The minimum absolute atomic E-state index is 0.128. The largest absolute Gasteiger partial charge is 0.328 e. The van der Waals surface area contributed by atoms with Crippen LogP contribution in [0.5, 0.6) is 0 Å². The Morgan fingerprint density at radius 1 is 1.19 bits per heavy atom. The summed E-state index contributed by atoms with van der Waals surface area (Å²) in [6.07, 6.45) is 5.09. The quantitative estimate of drug-likeness (QED) is 0.680. The normalized spacial score (nSPS) is 28.3. The van der Waals surface area contributed by atoms with Crippen LogP contribution in [0.15, 0.2) is 18.2 Å². The molecule has 7 nitrogen and oxygen atoms in total. The summed E-state index contributed by atoms with van der Waals surface area (Å²) in [5, 5.41) is 5.91. The third-order valence-corrected chi connectivity index (χ3v) is 5.90. The van der Waals surface area contributed by atoms with Crippen LogP contribution >= 0.6 is 0 Å². The lowest BCUT2D eigenvalue weighted by molar-refractivity contribution is -0.136. The van der Waals surface area contributed by atoms with E-state index in [1.165, 1.54) is 6.42 Å². The number of fused-ring (bicyclic) bond motifs is 1. The van der Waals surface area contributed by atoms with Gasteiger partial charge in [0.15, 0.2) is 0 Å². The molecule has 0 bridgehead atoms. The molecule has 3 aliphatic rings. The van der Waals surface area contributed by atoms with E-state index in [0.29, 0.717) is 24.6 Å². The molecule has 2 aliphatic heterocycles. The number of benzene rings is 1. The van der Waals surface area contributed by atoms with Crippen molar-refractivity contribution in [3.05, 3.63) is 34.9 Å². The number of nitrogens with zero attached hydrogens (tertiary/aromatic N) is 1. The van der Waals surface area contributed by atoms with Crippen molar-refractivity contribution in [2.75, 3.05) is 0 Å². The van der Waals surface area contributed by atoms with Gasteiger partial charge in [-0.15, -0.1) is 0 Å². The molecule has 3 amide bonds. The molecule has 1 aromatic rings. The van der Waals surface area contributed by atoms with Crippen LogP contribution in [0, 0.1) is 0 Å². The Hall–Kier alpha value is -2.25. The summed E-state index contributed by atoms with van der Waals surface area (Å²) in [6, 6.07) is 6.05. The predicted octanol–water partition coefficient (Wildman–Crippen LogP) is 0.807. The maximum atomic E-state index is 12.7. The molecule has 4 N–H and O–H groups in total. The van der Waals surface area contributed by atoms with Crippen molar-refractivity contribution in [2.45, 2.75) is 69.7 Å². The molecule has 0 aromatic heterocycles. The fourth-order valence-corrected chi connectivity index (χ4v) is 4.41. The van der Waals surface area contributed by atoms with Gasteiger partial charge in [-0.2, -0.15) is 0 Å². The molecule has 2 fully saturated rings. The lowest BCUT2D eigenvalue weighted by atomic mass is 9.91. The van der Waals surface area contributed by atoms with Crippen molar-refractivity contribution in [3.8, 4) is 0 Å². The highest BCUT2D eigenvalue weighted by Gasteiger charge is 2.39. The Morgan fingerprint density at radius 3 is 2.81 bits per heavy atom. The van der Waals surface area contributed by atoms with Gasteiger partial charge in [0.25, 0.3) is 5.91 Å². The van der Waals surface area contributed by atoms with Crippen LogP contribution in [-0.4, -0.2) is 40.7 Å². The molecule has 4 rings (SSSR count). The number of nitrogens with one attached hydrogen (secondary N) is 2. The second-order valence-corrected chi connectivity index (χ2v) is 7.90. The maximum absolute atomic E-state index is 12.7.